The van der Waals surface area contributed by atoms with Gasteiger partial charge in [-0.25, -0.2) is 0 Å². The number of fused-ring (bicyclic) bond motifs is 3. The molecule has 0 radical (unpaired) electrons. The molecule has 2 aromatic heterocycles. The van der Waals surface area contributed by atoms with Gasteiger partial charge in [0.1, 0.15) is 5.69 Å². The lowest BCUT2D eigenvalue weighted by molar-refractivity contribution is 0.554. The van der Waals surface area contributed by atoms with E-state index in [1.165, 1.54) is 11.1 Å². The lowest BCUT2D eigenvalue weighted by atomic mass is 9.97. The van der Waals surface area contributed by atoms with Crippen molar-refractivity contribution >= 4 is 12.4 Å². The predicted octanol–water partition coefficient (Wildman–Crippen LogP) is 1.62. The van der Waals surface area contributed by atoms with Crippen molar-refractivity contribution in [1.82, 2.24) is 9.78 Å². The molecule has 0 spiro atoms. The summed E-state index contributed by atoms with van der Waals surface area (Å²) in [6.07, 6.45) is 5.77. The standard InChI is InChI=1S/C11H13N3O.ClH/c12-4-5-14-10-9(7-13-14)2-1-8-3-6-15-11(8)10;/h3,6-7H,1-2,4-5,12H2;1H. The monoisotopic (exact) mass is 239 g/mol. The second-order valence-electron chi connectivity index (χ2n) is 3.81. The molecule has 5 heteroatoms. The van der Waals surface area contributed by atoms with Crippen LogP contribution in [0.1, 0.15) is 11.1 Å². The van der Waals surface area contributed by atoms with Crippen molar-refractivity contribution in [3.63, 3.8) is 0 Å². The van der Waals surface area contributed by atoms with E-state index < -0.39 is 0 Å². The van der Waals surface area contributed by atoms with Gasteiger partial charge in [-0.3, -0.25) is 4.68 Å². The first kappa shape index (κ1) is 11.2. The minimum Gasteiger partial charge on any atom is -0.462 e. The first-order chi connectivity index (χ1) is 7.40. The summed E-state index contributed by atoms with van der Waals surface area (Å²) in [5.41, 5.74) is 9.22. The van der Waals surface area contributed by atoms with Crippen molar-refractivity contribution in [3.05, 3.63) is 29.7 Å². The molecule has 86 valence electrons. The highest BCUT2D eigenvalue weighted by atomic mass is 35.5. The molecule has 0 bridgehead atoms. The van der Waals surface area contributed by atoms with Crippen LogP contribution >= 0.6 is 12.4 Å². The summed E-state index contributed by atoms with van der Waals surface area (Å²) in [5, 5.41) is 4.34. The number of aryl methyl sites for hydroxylation is 2. The fraction of sp³-hybridized carbons (Fsp3) is 0.364. The maximum Gasteiger partial charge on any atom is 0.155 e. The average Bonchev–Trinajstić information content (AvgIpc) is 2.83. The van der Waals surface area contributed by atoms with Gasteiger partial charge < -0.3 is 10.2 Å². The maximum absolute atomic E-state index is 5.56. The maximum atomic E-state index is 5.56. The summed E-state index contributed by atoms with van der Waals surface area (Å²) < 4.78 is 7.47. The van der Waals surface area contributed by atoms with Crippen molar-refractivity contribution in [3.8, 4) is 11.5 Å². The van der Waals surface area contributed by atoms with E-state index in [0.29, 0.717) is 6.54 Å². The van der Waals surface area contributed by atoms with Crippen molar-refractivity contribution < 1.29 is 4.42 Å². The van der Waals surface area contributed by atoms with E-state index in [2.05, 4.69) is 5.10 Å². The molecule has 1 aliphatic carbocycles. The van der Waals surface area contributed by atoms with Crippen LogP contribution in [0, 0.1) is 0 Å². The minimum absolute atomic E-state index is 0. The first-order valence-corrected chi connectivity index (χ1v) is 5.21. The van der Waals surface area contributed by atoms with E-state index in [-0.39, 0.29) is 12.4 Å². The molecule has 16 heavy (non-hydrogen) atoms. The number of aromatic nitrogens is 2. The zero-order valence-corrected chi connectivity index (χ0v) is 9.67. The molecule has 3 rings (SSSR count). The number of furan rings is 1. The fourth-order valence-electron chi connectivity index (χ4n) is 2.17. The third kappa shape index (κ3) is 1.54. The molecular formula is C11H14ClN3O. The highest BCUT2D eigenvalue weighted by Gasteiger charge is 2.23. The molecule has 0 atom stereocenters. The second kappa shape index (κ2) is 4.31. The van der Waals surface area contributed by atoms with Gasteiger partial charge in [0.15, 0.2) is 5.76 Å². The number of nitrogens with two attached hydrogens (primary N) is 1. The summed E-state index contributed by atoms with van der Waals surface area (Å²) in [6, 6.07) is 2.04. The smallest absolute Gasteiger partial charge is 0.155 e. The van der Waals surface area contributed by atoms with Crippen molar-refractivity contribution in [1.29, 1.82) is 0 Å². The topological polar surface area (TPSA) is 57.0 Å². The van der Waals surface area contributed by atoms with E-state index in [1.54, 1.807) is 6.26 Å². The molecule has 0 saturated carbocycles. The van der Waals surface area contributed by atoms with Crippen LogP contribution in [0.4, 0.5) is 0 Å². The molecule has 0 saturated heterocycles. The van der Waals surface area contributed by atoms with Crippen LogP contribution in [0.3, 0.4) is 0 Å². The van der Waals surface area contributed by atoms with Gasteiger partial charge in [0, 0.05) is 17.7 Å². The normalized spacial score (nSPS) is 12.8. The van der Waals surface area contributed by atoms with Crippen molar-refractivity contribution in [2.75, 3.05) is 6.54 Å². The van der Waals surface area contributed by atoms with Gasteiger partial charge in [0.25, 0.3) is 0 Å². The largest absolute Gasteiger partial charge is 0.462 e. The lowest BCUT2D eigenvalue weighted by Crippen LogP contribution is -2.13. The summed E-state index contributed by atoms with van der Waals surface area (Å²) in [5.74, 6) is 0.974. The Morgan fingerprint density at radius 2 is 2.19 bits per heavy atom. The Morgan fingerprint density at radius 1 is 1.38 bits per heavy atom. The van der Waals surface area contributed by atoms with Gasteiger partial charge in [-0.05, 0) is 18.9 Å². The fourth-order valence-corrected chi connectivity index (χ4v) is 2.17. The Morgan fingerprint density at radius 3 is 3.00 bits per heavy atom. The van der Waals surface area contributed by atoms with Crippen LogP contribution in [-0.4, -0.2) is 16.3 Å². The molecule has 0 fully saturated rings. The Kier molecular flexibility index (Phi) is 3.03. The van der Waals surface area contributed by atoms with Crippen molar-refractivity contribution in [2.45, 2.75) is 19.4 Å². The molecular weight excluding hydrogens is 226 g/mol. The number of hydrogen-bond donors (Lipinski definition) is 1. The van der Waals surface area contributed by atoms with E-state index >= 15 is 0 Å². The average molecular weight is 240 g/mol. The van der Waals surface area contributed by atoms with E-state index in [0.717, 1.165) is 30.8 Å². The number of nitrogens with zero attached hydrogens (tertiary/aromatic N) is 2. The number of hydrogen-bond acceptors (Lipinski definition) is 3. The van der Waals surface area contributed by atoms with Crippen LogP contribution in [0.5, 0.6) is 0 Å². The second-order valence-corrected chi connectivity index (χ2v) is 3.81. The molecule has 2 N–H and O–H groups in total. The van der Waals surface area contributed by atoms with Crippen LogP contribution in [0.15, 0.2) is 22.9 Å². The molecule has 4 nitrogen and oxygen atoms in total. The van der Waals surface area contributed by atoms with Gasteiger partial charge in [-0.2, -0.15) is 5.10 Å². The Balaban J connectivity index is 0.000000963. The summed E-state index contributed by atoms with van der Waals surface area (Å²) in [6.45, 7) is 1.35. The third-order valence-corrected chi connectivity index (χ3v) is 2.88. The van der Waals surface area contributed by atoms with Gasteiger partial charge in [-0.1, -0.05) is 0 Å². The zero-order chi connectivity index (χ0) is 10.3. The van der Waals surface area contributed by atoms with Crippen LogP contribution < -0.4 is 5.73 Å². The minimum atomic E-state index is 0. The lowest BCUT2D eigenvalue weighted by Gasteiger charge is -2.12. The van der Waals surface area contributed by atoms with Gasteiger partial charge >= 0.3 is 0 Å². The van der Waals surface area contributed by atoms with E-state index in [4.69, 9.17) is 10.2 Å². The first-order valence-electron chi connectivity index (χ1n) is 5.21. The van der Waals surface area contributed by atoms with Crippen LogP contribution in [-0.2, 0) is 19.4 Å². The summed E-state index contributed by atoms with van der Waals surface area (Å²) in [4.78, 5) is 0. The quantitative estimate of drug-likeness (QED) is 0.867. The zero-order valence-electron chi connectivity index (χ0n) is 8.85. The van der Waals surface area contributed by atoms with Gasteiger partial charge in [0.05, 0.1) is 19.0 Å². The molecule has 0 amide bonds. The van der Waals surface area contributed by atoms with Crippen molar-refractivity contribution in [2.24, 2.45) is 5.73 Å². The molecule has 0 aromatic carbocycles. The molecule has 0 unspecified atom stereocenters. The molecule has 2 aromatic rings. The highest BCUT2D eigenvalue weighted by Crippen LogP contribution is 2.33. The molecule has 1 aliphatic rings. The Labute approximate surface area is 99.8 Å². The van der Waals surface area contributed by atoms with Crippen LogP contribution in [0.2, 0.25) is 0 Å². The molecule has 0 aliphatic heterocycles. The highest BCUT2D eigenvalue weighted by molar-refractivity contribution is 5.85. The van der Waals surface area contributed by atoms with Gasteiger partial charge in [-0.15, -0.1) is 12.4 Å². The summed E-state index contributed by atoms with van der Waals surface area (Å²) in [7, 11) is 0. The van der Waals surface area contributed by atoms with E-state index in [1.807, 2.05) is 16.9 Å². The van der Waals surface area contributed by atoms with Crippen LogP contribution in [0.25, 0.3) is 11.5 Å². The Hall–Kier alpha value is -1.26. The predicted molar refractivity (Wildman–Crippen MR) is 63.6 cm³/mol. The SMILES string of the molecule is Cl.NCCn1ncc2c1-c1occc1CC2. The Bertz CT molecular complexity index is 489. The molecule has 2 heterocycles. The number of halogens is 1. The summed E-state index contributed by atoms with van der Waals surface area (Å²) >= 11 is 0. The van der Waals surface area contributed by atoms with Gasteiger partial charge in [0.2, 0.25) is 0 Å². The third-order valence-electron chi connectivity index (χ3n) is 2.88. The number of rotatable bonds is 2. The van der Waals surface area contributed by atoms with E-state index in [9.17, 15) is 0 Å².